The van der Waals surface area contributed by atoms with Gasteiger partial charge in [-0.2, -0.15) is 13.2 Å². The van der Waals surface area contributed by atoms with Crippen LogP contribution >= 0.6 is 0 Å². The molecular formula is C19H13F3O4. The van der Waals surface area contributed by atoms with Crippen LogP contribution in [0.25, 0.3) is 11.0 Å². The molecule has 0 saturated heterocycles. The van der Waals surface area contributed by atoms with E-state index in [9.17, 15) is 22.8 Å². The summed E-state index contributed by atoms with van der Waals surface area (Å²) in [5.74, 6) is -0.785. The van der Waals surface area contributed by atoms with Crippen molar-refractivity contribution in [3.63, 3.8) is 0 Å². The molecule has 1 heterocycles. The Balaban J connectivity index is 1.80. The number of hydrogen-bond donors (Lipinski definition) is 0. The molecule has 1 aromatic heterocycles. The number of alkyl halides is 3. The molecule has 0 spiro atoms. The van der Waals surface area contributed by atoms with Gasteiger partial charge < -0.3 is 9.15 Å². The summed E-state index contributed by atoms with van der Waals surface area (Å²) < 4.78 is 47.9. The molecule has 0 amide bonds. The Hall–Kier alpha value is -3.09. The average Bonchev–Trinajstić information content (AvgIpc) is 2.58. The van der Waals surface area contributed by atoms with Crippen molar-refractivity contribution in [1.82, 2.24) is 0 Å². The zero-order valence-corrected chi connectivity index (χ0v) is 13.6. The summed E-state index contributed by atoms with van der Waals surface area (Å²) in [6, 6.07) is 10.2. The molecule has 2 aromatic carbocycles. The van der Waals surface area contributed by atoms with Gasteiger partial charge in [0.2, 0.25) is 0 Å². The number of hydrogen-bond acceptors (Lipinski definition) is 4. The van der Waals surface area contributed by atoms with Gasteiger partial charge in [0, 0.05) is 17.0 Å². The molecule has 3 aromatic rings. The maximum Gasteiger partial charge on any atom is 0.416 e. The number of carbonyl (C=O) groups excluding carboxylic acids is 1. The van der Waals surface area contributed by atoms with Crippen molar-refractivity contribution < 1.29 is 27.1 Å². The molecule has 0 bridgehead atoms. The van der Waals surface area contributed by atoms with Crippen molar-refractivity contribution in [2.45, 2.75) is 19.7 Å². The SMILES string of the molecule is Cc1ccc2c(COC(=O)c3ccc(C(F)(F)F)cc3)cc(=O)oc2c1. The Bertz CT molecular complexity index is 1020. The average molecular weight is 362 g/mol. The van der Waals surface area contributed by atoms with Gasteiger partial charge in [0.15, 0.2) is 0 Å². The van der Waals surface area contributed by atoms with Crippen molar-refractivity contribution in [2.24, 2.45) is 0 Å². The van der Waals surface area contributed by atoms with E-state index >= 15 is 0 Å². The zero-order valence-electron chi connectivity index (χ0n) is 13.6. The van der Waals surface area contributed by atoms with Crippen LogP contribution in [-0.4, -0.2) is 5.97 Å². The highest BCUT2D eigenvalue weighted by Gasteiger charge is 2.30. The van der Waals surface area contributed by atoms with E-state index in [-0.39, 0.29) is 12.2 Å². The van der Waals surface area contributed by atoms with Gasteiger partial charge in [0.1, 0.15) is 12.2 Å². The predicted molar refractivity (Wildman–Crippen MR) is 87.8 cm³/mol. The summed E-state index contributed by atoms with van der Waals surface area (Å²) in [5.41, 5.74) is 0.287. The van der Waals surface area contributed by atoms with Gasteiger partial charge in [-0.1, -0.05) is 12.1 Å². The first-order valence-electron chi connectivity index (χ1n) is 7.62. The molecule has 3 rings (SSSR count). The fraction of sp³-hybridized carbons (Fsp3) is 0.158. The number of halogens is 3. The fourth-order valence-corrected chi connectivity index (χ4v) is 2.48. The van der Waals surface area contributed by atoms with Crippen LogP contribution in [-0.2, 0) is 17.5 Å². The van der Waals surface area contributed by atoms with Crippen LogP contribution in [0.1, 0.15) is 27.0 Å². The van der Waals surface area contributed by atoms with Crippen molar-refractivity contribution in [3.8, 4) is 0 Å². The monoisotopic (exact) mass is 362 g/mol. The van der Waals surface area contributed by atoms with Crippen molar-refractivity contribution in [1.29, 1.82) is 0 Å². The Labute approximate surface area is 145 Å². The van der Waals surface area contributed by atoms with Crippen LogP contribution in [0.15, 0.2) is 57.7 Å². The highest BCUT2D eigenvalue weighted by Crippen LogP contribution is 2.29. The Kier molecular flexibility index (Phi) is 4.54. The van der Waals surface area contributed by atoms with Crippen molar-refractivity contribution in [2.75, 3.05) is 0 Å². The van der Waals surface area contributed by atoms with Crippen LogP contribution in [0.5, 0.6) is 0 Å². The highest BCUT2D eigenvalue weighted by molar-refractivity contribution is 5.89. The van der Waals surface area contributed by atoms with Crippen LogP contribution in [0.4, 0.5) is 13.2 Å². The van der Waals surface area contributed by atoms with Gasteiger partial charge in [-0.15, -0.1) is 0 Å². The largest absolute Gasteiger partial charge is 0.457 e. The number of rotatable bonds is 3. The van der Waals surface area contributed by atoms with Gasteiger partial charge >= 0.3 is 17.8 Å². The summed E-state index contributed by atoms with van der Waals surface area (Å²) in [6.07, 6.45) is -4.47. The molecule has 0 aliphatic carbocycles. The summed E-state index contributed by atoms with van der Waals surface area (Å²) in [4.78, 5) is 23.7. The van der Waals surface area contributed by atoms with E-state index in [1.165, 1.54) is 6.07 Å². The van der Waals surface area contributed by atoms with Crippen LogP contribution < -0.4 is 5.63 Å². The number of carbonyl (C=O) groups is 1. The summed E-state index contributed by atoms with van der Waals surface area (Å²) in [7, 11) is 0. The molecule has 0 radical (unpaired) electrons. The zero-order chi connectivity index (χ0) is 18.9. The number of aryl methyl sites for hydroxylation is 1. The van der Waals surface area contributed by atoms with Gasteiger partial charge in [-0.05, 0) is 42.8 Å². The van der Waals surface area contributed by atoms with E-state index in [4.69, 9.17) is 9.15 Å². The molecule has 0 fully saturated rings. The molecule has 0 saturated carbocycles. The maximum atomic E-state index is 12.5. The second kappa shape index (κ2) is 6.67. The topological polar surface area (TPSA) is 56.5 Å². The minimum Gasteiger partial charge on any atom is -0.457 e. The molecule has 26 heavy (non-hydrogen) atoms. The molecule has 0 atom stereocenters. The minimum absolute atomic E-state index is 0.0129. The second-order valence-corrected chi connectivity index (χ2v) is 5.74. The molecular weight excluding hydrogens is 349 g/mol. The standard InChI is InChI=1S/C19H13F3O4/c1-11-2-7-15-13(9-17(23)26-16(15)8-11)10-25-18(24)12-3-5-14(6-4-12)19(20,21)22/h2-9H,10H2,1H3. The summed E-state index contributed by atoms with van der Waals surface area (Å²) in [5, 5.41) is 0.621. The number of ether oxygens (including phenoxy) is 1. The normalized spacial score (nSPS) is 11.5. The third-order valence-corrected chi connectivity index (χ3v) is 3.79. The summed E-state index contributed by atoms with van der Waals surface area (Å²) >= 11 is 0. The fourth-order valence-electron chi connectivity index (χ4n) is 2.48. The van der Waals surface area contributed by atoms with Gasteiger partial charge in [0.25, 0.3) is 0 Å². The van der Waals surface area contributed by atoms with Crippen LogP contribution in [0.3, 0.4) is 0 Å². The van der Waals surface area contributed by atoms with E-state index in [0.29, 0.717) is 16.5 Å². The van der Waals surface area contributed by atoms with Crippen LogP contribution in [0.2, 0.25) is 0 Å². The van der Waals surface area contributed by atoms with Crippen molar-refractivity contribution in [3.05, 3.63) is 81.2 Å². The second-order valence-electron chi connectivity index (χ2n) is 5.74. The summed E-state index contributed by atoms with van der Waals surface area (Å²) in [6.45, 7) is 1.64. The lowest BCUT2D eigenvalue weighted by molar-refractivity contribution is -0.137. The maximum absolute atomic E-state index is 12.5. The molecule has 0 aliphatic heterocycles. The molecule has 4 nitrogen and oxygen atoms in total. The lowest BCUT2D eigenvalue weighted by Crippen LogP contribution is -2.09. The van der Waals surface area contributed by atoms with Gasteiger partial charge in [-0.25, -0.2) is 9.59 Å². The Morgan fingerprint density at radius 2 is 1.77 bits per heavy atom. The van der Waals surface area contributed by atoms with E-state index in [1.807, 2.05) is 13.0 Å². The number of fused-ring (bicyclic) bond motifs is 1. The van der Waals surface area contributed by atoms with E-state index < -0.39 is 23.3 Å². The molecule has 0 N–H and O–H groups in total. The Morgan fingerprint density at radius 3 is 2.42 bits per heavy atom. The highest BCUT2D eigenvalue weighted by atomic mass is 19.4. The first kappa shape index (κ1) is 17.7. The molecule has 7 heteroatoms. The first-order chi connectivity index (χ1) is 12.2. The third-order valence-electron chi connectivity index (χ3n) is 3.79. The van der Waals surface area contributed by atoms with Gasteiger partial charge in [-0.3, -0.25) is 0 Å². The lowest BCUT2D eigenvalue weighted by Gasteiger charge is -2.09. The third kappa shape index (κ3) is 3.77. The Morgan fingerprint density at radius 1 is 1.08 bits per heavy atom. The van der Waals surface area contributed by atoms with Gasteiger partial charge in [0.05, 0.1) is 11.1 Å². The minimum atomic E-state index is -4.47. The molecule has 0 aliphatic rings. The first-order valence-corrected chi connectivity index (χ1v) is 7.62. The smallest absolute Gasteiger partial charge is 0.416 e. The molecule has 134 valence electrons. The lowest BCUT2D eigenvalue weighted by atomic mass is 10.1. The van der Waals surface area contributed by atoms with E-state index in [1.54, 1.807) is 12.1 Å². The number of esters is 1. The van der Waals surface area contributed by atoms with E-state index in [0.717, 1.165) is 29.8 Å². The predicted octanol–water partition coefficient (Wildman–Crippen LogP) is 4.48. The number of benzene rings is 2. The van der Waals surface area contributed by atoms with Crippen molar-refractivity contribution >= 4 is 16.9 Å². The molecule has 0 unspecified atom stereocenters. The van der Waals surface area contributed by atoms with Crippen LogP contribution in [0, 0.1) is 6.92 Å². The van der Waals surface area contributed by atoms with E-state index in [2.05, 4.69) is 0 Å². The quantitative estimate of drug-likeness (QED) is 0.509.